The molecule has 0 saturated carbocycles. The first-order valence-electron chi connectivity index (χ1n) is 5.08. The van der Waals surface area contributed by atoms with Crippen molar-refractivity contribution in [3.8, 4) is 0 Å². The van der Waals surface area contributed by atoms with E-state index in [0.717, 1.165) is 6.42 Å². The maximum atomic E-state index is 6.65. The summed E-state index contributed by atoms with van der Waals surface area (Å²) in [5.74, 6) is 0. The topological polar surface area (TPSA) is 0 Å². The normalized spacial score (nSPS) is 18.4. The van der Waals surface area contributed by atoms with Gasteiger partial charge in [-0.05, 0) is 0 Å². The molecule has 0 atom stereocenters. The summed E-state index contributed by atoms with van der Waals surface area (Å²) in [4.78, 5) is 0. The maximum absolute atomic E-state index is 6.65. The van der Waals surface area contributed by atoms with Gasteiger partial charge < -0.3 is 0 Å². The zero-order valence-corrected chi connectivity index (χ0v) is 11.7. The van der Waals surface area contributed by atoms with Gasteiger partial charge in [-0.25, -0.2) is 0 Å². The van der Waals surface area contributed by atoms with Gasteiger partial charge in [-0.3, -0.25) is 0 Å². The molecule has 0 radical (unpaired) electrons. The quantitative estimate of drug-likeness (QED) is 0.656. The Morgan fingerprint density at radius 3 is 1.69 bits per heavy atom. The van der Waals surface area contributed by atoms with Gasteiger partial charge in [0, 0.05) is 0 Å². The molecule has 16 heavy (non-hydrogen) atoms. The molecule has 0 saturated heterocycles. The van der Waals surface area contributed by atoms with Crippen LogP contribution in [0.1, 0.15) is 11.1 Å². The van der Waals surface area contributed by atoms with Crippen molar-refractivity contribution in [2.75, 3.05) is 0 Å². The molecule has 1 aliphatic heterocycles. The molecule has 0 fully saturated rings. The monoisotopic (exact) mass is 316 g/mol. The standard InChI is InChI=1S/C13H10Cl2Se/c14-16(15)12-7-3-1-5-10(12)9-11-6-2-4-8-13(11)16/h1-8H,9H2. The first-order valence-corrected chi connectivity index (χ1v) is 11.3. The predicted molar refractivity (Wildman–Crippen MR) is 72.4 cm³/mol. The van der Waals surface area contributed by atoms with Crippen LogP contribution in [0.3, 0.4) is 0 Å². The summed E-state index contributed by atoms with van der Waals surface area (Å²) in [6, 6.07) is 16.5. The minimum absolute atomic E-state index is 0.949. The van der Waals surface area contributed by atoms with Crippen LogP contribution in [0.5, 0.6) is 0 Å². The Hall–Kier alpha value is -0.461. The zero-order chi connectivity index (χ0) is 11.2. The molecule has 0 spiro atoms. The van der Waals surface area contributed by atoms with E-state index < -0.39 is 11.0 Å². The summed E-state index contributed by atoms with van der Waals surface area (Å²) in [6.45, 7) is 0. The molecule has 82 valence electrons. The third-order valence-corrected chi connectivity index (χ3v) is 10.3. The summed E-state index contributed by atoms with van der Waals surface area (Å²) >= 11 is -2.68. The van der Waals surface area contributed by atoms with Crippen molar-refractivity contribution in [1.82, 2.24) is 0 Å². The van der Waals surface area contributed by atoms with Gasteiger partial charge in [-0.2, -0.15) is 0 Å². The molecule has 1 aliphatic rings. The molecule has 0 unspecified atom stereocenters. The predicted octanol–water partition coefficient (Wildman–Crippen LogP) is 2.62. The van der Waals surface area contributed by atoms with Crippen LogP contribution in [-0.2, 0) is 6.42 Å². The Bertz CT molecular complexity index is 502. The van der Waals surface area contributed by atoms with Crippen molar-refractivity contribution >= 4 is 40.1 Å². The Kier molecular flexibility index (Phi) is 2.53. The molecular formula is C13H10Cl2Se. The molecule has 3 heteroatoms. The van der Waals surface area contributed by atoms with Crippen molar-refractivity contribution in [2.24, 2.45) is 0 Å². The fraction of sp³-hybridized carbons (Fsp3) is 0.0769. The Morgan fingerprint density at radius 2 is 1.19 bits per heavy atom. The molecule has 0 N–H and O–H groups in total. The minimum atomic E-state index is -2.68. The molecule has 2 aromatic rings. The molecule has 0 aliphatic carbocycles. The second kappa shape index (κ2) is 3.78. The number of hydrogen-bond acceptors (Lipinski definition) is 0. The van der Waals surface area contributed by atoms with Crippen LogP contribution in [0, 0.1) is 0 Å². The second-order valence-corrected chi connectivity index (χ2v) is 13.3. The van der Waals surface area contributed by atoms with Gasteiger partial charge in [0.15, 0.2) is 0 Å². The van der Waals surface area contributed by atoms with Crippen LogP contribution in [0.25, 0.3) is 0 Å². The summed E-state index contributed by atoms with van der Waals surface area (Å²) in [6.07, 6.45) is 0.949. The first-order chi connectivity index (χ1) is 7.69. The van der Waals surface area contributed by atoms with Gasteiger partial charge in [0.25, 0.3) is 0 Å². The van der Waals surface area contributed by atoms with Gasteiger partial charge in [-0.15, -0.1) is 0 Å². The fourth-order valence-electron chi connectivity index (χ4n) is 2.12. The molecule has 2 aromatic carbocycles. The van der Waals surface area contributed by atoms with Crippen LogP contribution in [0.2, 0.25) is 0 Å². The van der Waals surface area contributed by atoms with Crippen LogP contribution < -0.4 is 8.92 Å². The molecule has 0 nitrogen and oxygen atoms in total. The van der Waals surface area contributed by atoms with Crippen LogP contribution in [0.15, 0.2) is 48.5 Å². The fourth-order valence-corrected chi connectivity index (χ4v) is 8.77. The van der Waals surface area contributed by atoms with Crippen molar-refractivity contribution < 1.29 is 0 Å². The van der Waals surface area contributed by atoms with Gasteiger partial charge in [0.05, 0.1) is 0 Å². The summed E-state index contributed by atoms with van der Waals surface area (Å²) in [5, 5.41) is 0. The molecular weight excluding hydrogens is 306 g/mol. The molecule has 1 heterocycles. The van der Waals surface area contributed by atoms with E-state index in [-0.39, 0.29) is 0 Å². The second-order valence-electron chi connectivity index (χ2n) is 3.86. The molecule has 3 rings (SSSR count). The van der Waals surface area contributed by atoms with E-state index in [1.165, 1.54) is 20.1 Å². The van der Waals surface area contributed by atoms with Gasteiger partial charge in [0.1, 0.15) is 0 Å². The van der Waals surface area contributed by atoms with Crippen LogP contribution in [-0.4, -0.2) is 11.0 Å². The average molecular weight is 316 g/mol. The van der Waals surface area contributed by atoms with Crippen molar-refractivity contribution in [1.29, 1.82) is 0 Å². The van der Waals surface area contributed by atoms with Gasteiger partial charge in [-0.1, -0.05) is 0 Å². The van der Waals surface area contributed by atoms with Crippen LogP contribution >= 0.6 is 20.2 Å². The van der Waals surface area contributed by atoms with Crippen molar-refractivity contribution in [2.45, 2.75) is 6.42 Å². The number of benzene rings is 2. The Morgan fingerprint density at radius 1 is 0.750 bits per heavy atom. The molecule has 0 aromatic heterocycles. The Labute approximate surface area is 106 Å². The van der Waals surface area contributed by atoms with E-state index >= 15 is 0 Å². The van der Waals surface area contributed by atoms with Crippen LogP contribution in [0.4, 0.5) is 0 Å². The number of halogens is 2. The van der Waals surface area contributed by atoms with E-state index in [2.05, 4.69) is 24.3 Å². The third-order valence-electron chi connectivity index (χ3n) is 2.88. The van der Waals surface area contributed by atoms with E-state index in [9.17, 15) is 0 Å². The SMILES string of the molecule is Cl[Se]1(Cl)c2ccccc2Cc2ccccc21. The first kappa shape index (κ1) is 10.7. The average Bonchev–Trinajstić information content (AvgIpc) is 2.29. The Balaban J connectivity index is 2.28. The molecule has 0 bridgehead atoms. The van der Waals surface area contributed by atoms with E-state index in [4.69, 9.17) is 20.2 Å². The molecule has 0 amide bonds. The summed E-state index contributed by atoms with van der Waals surface area (Å²) < 4.78 is 2.33. The van der Waals surface area contributed by atoms with E-state index in [1.54, 1.807) is 0 Å². The van der Waals surface area contributed by atoms with Gasteiger partial charge in [0.2, 0.25) is 0 Å². The van der Waals surface area contributed by atoms with Crippen molar-refractivity contribution in [3.05, 3.63) is 59.7 Å². The van der Waals surface area contributed by atoms with E-state index in [1.807, 2.05) is 24.3 Å². The zero-order valence-electron chi connectivity index (χ0n) is 8.49. The number of hydrogen-bond donors (Lipinski definition) is 0. The van der Waals surface area contributed by atoms with E-state index in [0.29, 0.717) is 0 Å². The summed E-state index contributed by atoms with van der Waals surface area (Å²) in [5.41, 5.74) is 2.57. The number of rotatable bonds is 0. The number of fused-ring (bicyclic) bond motifs is 2. The summed E-state index contributed by atoms with van der Waals surface area (Å²) in [7, 11) is 13.3. The van der Waals surface area contributed by atoms with Crippen molar-refractivity contribution in [3.63, 3.8) is 0 Å². The van der Waals surface area contributed by atoms with Gasteiger partial charge >= 0.3 is 106 Å². The third kappa shape index (κ3) is 1.51.